The summed E-state index contributed by atoms with van der Waals surface area (Å²) >= 11 is 0. The Morgan fingerprint density at radius 3 is 2.04 bits per heavy atom. The van der Waals surface area contributed by atoms with Crippen molar-refractivity contribution in [2.75, 3.05) is 52.4 Å². The molecule has 2 rings (SSSR count). The highest BCUT2D eigenvalue weighted by Gasteiger charge is 2.25. The molecule has 2 heterocycles. The number of rotatable bonds is 7. The first kappa shape index (κ1) is 19.4. The Hall–Kier alpha value is -0.940. The van der Waals surface area contributed by atoms with Crippen LogP contribution in [-0.2, 0) is 9.59 Å². The second-order valence-corrected chi connectivity index (χ2v) is 7.68. The molecule has 0 N–H and O–H groups in total. The smallest absolute Gasteiger partial charge is 0.223 e. The monoisotopic (exact) mass is 337 g/mol. The Kier molecular flexibility index (Phi) is 7.69. The first-order valence-corrected chi connectivity index (χ1v) is 9.74. The minimum Gasteiger partial charge on any atom is -0.343 e. The van der Waals surface area contributed by atoms with Crippen molar-refractivity contribution in [1.29, 1.82) is 0 Å². The SMILES string of the molecule is CCN1CCN(CC2CCN(C(=O)CCC(=O)C(C)C)CC2)CC1. The van der Waals surface area contributed by atoms with Gasteiger partial charge in [-0.2, -0.15) is 0 Å². The largest absolute Gasteiger partial charge is 0.343 e. The molecule has 1 amide bonds. The molecule has 0 aromatic rings. The highest BCUT2D eigenvalue weighted by Crippen LogP contribution is 2.20. The molecular formula is C19H35N3O2. The molecule has 2 fully saturated rings. The van der Waals surface area contributed by atoms with Crippen molar-refractivity contribution in [1.82, 2.24) is 14.7 Å². The molecule has 0 aliphatic carbocycles. The maximum absolute atomic E-state index is 12.2. The van der Waals surface area contributed by atoms with Gasteiger partial charge >= 0.3 is 0 Å². The molecule has 2 saturated heterocycles. The molecule has 2 aliphatic heterocycles. The Bertz CT molecular complexity index is 409. The second kappa shape index (κ2) is 9.52. The van der Waals surface area contributed by atoms with E-state index >= 15 is 0 Å². The van der Waals surface area contributed by atoms with Crippen molar-refractivity contribution >= 4 is 11.7 Å². The molecule has 0 aromatic carbocycles. The van der Waals surface area contributed by atoms with Gasteiger partial charge in [-0.1, -0.05) is 20.8 Å². The van der Waals surface area contributed by atoms with Crippen LogP contribution in [0.2, 0.25) is 0 Å². The van der Waals surface area contributed by atoms with Gasteiger partial charge in [-0.3, -0.25) is 9.59 Å². The summed E-state index contributed by atoms with van der Waals surface area (Å²) in [6.07, 6.45) is 3.01. The third kappa shape index (κ3) is 5.85. The van der Waals surface area contributed by atoms with Crippen molar-refractivity contribution in [2.45, 2.75) is 46.5 Å². The zero-order valence-electron chi connectivity index (χ0n) is 15.8. The molecular weight excluding hydrogens is 302 g/mol. The standard InChI is InChI=1S/C19H35N3O2/c1-4-20-11-13-21(14-12-20)15-17-7-9-22(10-8-17)19(24)6-5-18(23)16(2)3/h16-17H,4-15H2,1-3H3. The summed E-state index contributed by atoms with van der Waals surface area (Å²) in [5.74, 6) is 1.12. The van der Waals surface area contributed by atoms with Gasteiger partial charge in [0.25, 0.3) is 0 Å². The van der Waals surface area contributed by atoms with E-state index in [1.54, 1.807) is 0 Å². The number of carbonyl (C=O) groups excluding carboxylic acids is 2. The van der Waals surface area contributed by atoms with Crippen LogP contribution < -0.4 is 0 Å². The Balaban J connectivity index is 1.64. The molecule has 24 heavy (non-hydrogen) atoms. The number of hydrogen-bond donors (Lipinski definition) is 0. The van der Waals surface area contributed by atoms with Gasteiger partial charge in [0.1, 0.15) is 5.78 Å². The summed E-state index contributed by atoms with van der Waals surface area (Å²) in [6, 6.07) is 0. The fourth-order valence-electron chi connectivity index (χ4n) is 3.70. The van der Waals surface area contributed by atoms with E-state index in [1.807, 2.05) is 18.7 Å². The van der Waals surface area contributed by atoms with Crippen LogP contribution in [0.25, 0.3) is 0 Å². The summed E-state index contributed by atoms with van der Waals surface area (Å²) in [7, 11) is 0. The quantitative estimate of drug-likeness (QED) is 0.711. The summed E-state index contributed by atoms with van der Waals surface area (Å²) in [6.45, 7) is 14.9. The zero-order valence-corrected chi connectivity index (χ0v) is 15.8. The maximum atomic E-state index is 12.2. The number of likely N-dealkylation sites (tertiary alicyclic amines) is 1. The van der Waals surface area contributed by atoms with Gasteiger partial charge in [-0.25, -0.2) is 0 Å². The van der Waals surface area contributed by atoms with Crippen LogP contribution in [0.1, 0.15) is 46.5 Å². The van der Waals surface area contributed by atoms with E-state index in [0.29, 0.717) is 12.8 Å². The van der Waals surface area contributed by atoms with Crippen molar-refractivity contribution in [3.8, 4) is 0 Å². The molecule has 5 nitrogen and oxygen atoms in total. The summed E-state index contributed by atoms with van der Waals surface area (Å²) in [4.78, 5) is 31.0. The molecule has 0 radical (unpaired) electrons. The minimum atomic E-state index is 0.0386. The van der Waals surface area contributed by atoms with E-state index in [4.69, 9.17) is 0 Å². The van der Waals surface area contributed by atoms with Crippen LogP contribution in [0.5, 0.6) is 0 Å². The molecule has 0 bridgehead atoms. The lowest BCUT2D eigenvalue weighted by Crippen LogP contribution is -2.49. The van der Waals surface area contributed by atoms with Gasteiger partial charge in [0.2, 0.25) is 5.91 Å². The fraction of sp³-hybridized carbons (Fsp3) is 0.895. The highest BCUT2D eigenvalue weighted by atomic mass is 16.2. The number of piperidine rings is 1. The van der Waals surface area contributed by atoms with Crippen LogP contribution >= 0.6 is 0 Å². The molecule has 0 aromatic heterocycles. The first-order chi connectivity index (χ1) is 11.5. The van der Waals surface area contributed by atoms with E-state index in [1.165, 1.54) is 32.7 Å². The fourth-order valence-corrected chi connectivity index (χ4v) is 3.70. The maximum Gasteiger partial charge on any atom is 0.223 e. The summed E-state index contributed by atoms with van der Waals surface area (Å²) in [5.41, 5.74) is 0. The lowest BCUT2D eigenvalue weighted by molar-refractivity contribution is -0.135. The zero-order chi connectivity index (χ0) is 17.5. The third-order valence-corrected chi connectivity index (χ3v) is 5.62. The lowest BCUT2D eigenvalue weighted by atomic mass is 9.95. The van der Waals surface area contributed by atoms with E-state index in [2.05, 4.69) is 16.7 Å². The van der Waals surface area contributed by atoms with Crippen LogP contribution in [0, 0.1) is 11.8 Å². The summed E-state index contributed by atoms with van der Waals surface area (Å²) < 4.78 is 0. The van der Waals surface area contributed by atoms with Gasteiger partial charge in [0.15, 0.2) is 0 Å². The van der Waals surface area contributed by atoms with Crippen molar-refractivity contribution < 1.29 is 9.59 Å². The Labute approximate surface area is 147 Å². The average molecular weight is 338 g/mol. The van der Waals surface area contributed by atoms with Gasteiger partial charge in [0, 0.05) is 64.6 Å². The molecule has 0 atom stereocenters. The van der Waals surface area contributed by atoms with Crippen molar-refractivity contribution in [3.05, 3.63) is 0 Å². The number of nitrogens with zero attached hydrogens (tertiary/aromatic N) is 3. The average Bonchev–Trinajstić information content (AvgIpc) is 2.60. The van der Waals surface area contributed by atoms with Crippen LogP contribution in [0.15, 0.2) is 0 Å². The second-order valence-electron chi connectivity index (χ2n) is 7.68. The molecule has 0 spiro atoms. The van der Waals surface area contributed by atoms with Crippen molar-refractivity contribution in [2.24, 2.45) is 11.8 Å². The number of ketones is 1. The molecule has 0 saturated carbocycles. The summed E-state index contributed by atoms with van der Waals surface area (Å²) in [5, 5.41) is 0. The Morgan fingerprint density at radius 2 is 1.50 bits per heavy atom. The van der Waals surface area contributed by atoms with E-state index in [9.17, 15) is 9.59 Å². The number of likely N-dealkylation sites (N-methyl/N-ethyl adjacent to an activating group) is 1. The predicted octanol–water partition coefficient (Wildman–Crippen LogP) is 1.87. The van der Waals surface area contributed by atoms with E-state index in [0.717, 1.165) is 38.4 Å². The van der Waals surface area contributed by atoms with Crippen LogP contribution in [0.4, 0.5) is 0 Å². The number of carbonyl (C=O) groups is 2. The molecule has 138 valence electrons. The number of amides is 1. The first-order valence-electron chi connectivity index (χ1n) is 9.74. The predicted molar refractivity (Wildman–Crippen MR) is 96.9 cm³/mol. The number of piperazine rings is 1. The lowest BCUT2D eigenvalue weighted by Gasteiger charge is -2.38. The third-order valence-electron chi connectivity index (χ3n) is 5.62. The van der Waals surface area contributed by atoms with E-state index < -0.39 is 0 Å². The Morgan fingerprint density at radius 1 is 0.917 bits per heavy atom. The number of Topliss-reactive ketones (excluding diaryl/α,β-unsaturated/α-hetero) is 1. The normalized spacial score (nSPS) is 21.4. The van der Waals surface area contributed by atoms with Gasteiger partial charge < -0.3 is 14.7 Å². The van der Waals surface area contributed by atoms with Crippen LogP contribution in [0.3, 0.4) is 0 Å². The van der Waals surface area contributed by atoms with Gasteiger partial charge in [-0.05, 0) is 25.3 Å². The number of hydrogen-bond acceptors (Lipinski definition) is 4. The topological polar surface area (TPSA) is 43.9 Å². The minimum absolute atomic E-state index is 0.0386. The van der Waals surface area contributed by atoms with Crippen molar-refractivity contribution in [3.63, 3.8) is 0 Å². The van der Waals surface area contributed by atoms with E-state index in [-0.39, 0.29) is 17.6 Å². The van der Waals surface area contributed by atoms with Gasteiger partial charge in [-0.15, -0.1) is 0 Å². The molecule has 5 heteroatoms. The van der Waals surface area contributed by atoms with Gasteiger partial charge in [0.05, 0.1) is 0 Å². The highest BCUT2D eigenvalue weighted by molar-refractivity contribution is 5.86. The molecule has 0 unspecified atom stereocenters. The molecule has 2 aliphatic rings. The van der Waals surface area contributed by atoms with Crippen LogP contribution in [-0.4, -0.2) is 78.7 Å².